The fourth-order valence-electron chi connectivity index (χ4n) is 4.66. The maximum absolute atomic E-state index is 15.0. The van der Waals surface area contributed by atoms with Gasteiger partial charge < -0.3 is 10.2 Å². The lowest BCUT2D eigenvalue weighted by Gasteiger charge is -2.22. The number of likely N-dealkylation sites (N-methyl/N-ethyl adjacent to an activating group) is 1. The number of benzene rings is 2. The summed E-state index contributed by atoms with van der Waals surface area (Å²) in [5.41, 5.74) is 4.09. The highest BCUT2D eigenvalue weighted by molar-refractivity contribution is 6.08. The number of nitrogens with one attached hydrogen (secondary N) is 2. The van der Waals surface area contributed by atoms with Crippen LogP contribution in [0.3, 0.4) is 0 Å². The second-order valence-electron chi connectivity index (χ2n) is 8.79. The zero-order valence-corrected chi connectivity index (χ0v) is 18.6. The van der Waals surface area contributed by atoms with Gasteiger partial charge in [-0.25, -0.2) is 13.8 Å². The Morgan fingerprint density at radius 3 is 2.67 bits per heavy atom. The lowest BCUT2D eigenvalue weighted by Crippen LogP contribution is -2.31. The van der Waals surface area contributed by atoms with Crippen molar-refractivity contribution in [3.8, 4) is 11.3 Å². The maximum Gasteiger partial charge on any atom is 0.254 e. The van der Waals surface area contributed by atoms with Gasteiger partial charge in [-0.2, -0.15) is 5.10 Å². The van der Waals surface area contributed by atoms with E-state index in [0.29, 0.717) is 29.9 Å². The molecule has 2 aromatic heterocycles. The maximum atomic E-state index is 15.0. The van der Waals surface area contributed by atoms with Crippen LogP contribution in [0.5, 0.6) is 0 Å². The standard InChI is InChI=1S/C25H25F2N5O/c1-32(2)10-9-28-25(33)17-8-7-14(11-19(17)26)23-16-6-4-3-5-15(16)22-18-13-29-31-21(18)12-20(27)24(22)30-23/h7-8,11-13H,3-6,9-10H2,1-2H3,(H,28,33)(H,29,31). The van der Waals surface area contributed by atoms with Gasteiger partial charge in [-0.15, -0.1) is 0 Å². The molecular weight excluding hydrogens is 424 g/mol. The van der Waals surface area contributed by atoms with Crippen LogP contribution >= 0.6 is 0 Å². The normalized spacial score (nSPS) is 13.6. The van der Waals surface area contributed by atoms with Gasteiger partial charge >= 0.3 is 0 Å². The first-order chi connectivity index (χ1) is 15.9. The van der Waals surface area contributed by atoms with E-state index in [1.54, 1.807) is 12.3 Å². The van der Waals surface area contributed by atoms with Gasteiger partial charge in [0.15, 0.2) is 5.82 Å². The number of H-pyrrole nitrogens is 1. The average molecular weight is 450 g/mol. The van der Waals surface area contributed by atoms with Crippen LogP contribution in [0, 0.1) is 11.6 Å². The predicted molar refractivity (Wildman–Crippen MR) is 124 cm³/mol. The van der Waals surface area contributed by atoms with Crippen LogP contribution in [0.2, 0.25) is 0 Å². The van der Waals surface area contributed by atoms with E-state index >= 15 is 4.39 Å². The number of carbonyl (C=O) groups is 1. The Hall–Kier alpha value is -3.39. The number of fused-ring (bicyclic) bond motifs is 5. The van der Waals surface area contributed by atoms with Crippen molar-refractivity contribution in [2.24, 2.45) is 0 Å². The van der Waals surface area contributed by atoms with Crippen LogP contribution in [0.15, 0.2) is 30.5 Å². The van der Waals surface area contributed by atoms with Crippen LogP contribution in [0.1, 0.15) is 34.3 Å². The zero-order valence-electron chi connectivity index (χ0n) is 18.6. The summed E-state index contributed by atoms with van der Waals surface area (Å²) in [5.74, 6) is -1.51. The van der Waals surface area contributed by atoms with Crippen LogP contribution in [-0.4, -0.2) is 53.2 Å². The van der Waals surface area contributed by atoms with Crippen molar-refractivity contribution < 1.29 is 13.6 Å². The molecule has 2 heterocycles. The highest BCUT2D eigenvalue weighted by Crippen LogP contribution is 2.39. The van der Waals surface area contributed by atoms with Gasteiger partial charge in [0.25, 0.3) is 5.91 Å². The van der Waals surface area contributed by atoms with Gasteiger partial charge in [-0.3, -0.25) is 9.89 Å². The number of rotatable bonds is 5. The molecule has 8 heteroatoms. The lowest BCUT2D eigenvalue weighted by atomic mass is 9.85. The first kappa shape index (κ1) is 21.5. The molecule has 0 aliphatic heterocycles. The predicted octanol–water partition coefficient (Wildman–Crippen LogP) is 4.23. The molecule has 0 bridgehead atoms. The molecule has 6 nitrogen and oxygen atoms in total. The molecule has 2 aromatic carbocycles. The molecule has 5 rings (SSSR count). The summed E-state index contributed by atoms with van der Waals surface area (Å²) in [6.45, 7) is 1.09. The first-order valence-electron chi connectivity index (χ1n) is 11.1. The van der Waals surface area contributed by atoms with Gasteiger partial charge in [0, 0.05) is 35.5 Å². The largest absolute Gasteiger partial charge is 0.351 e. The summed E-state index contributed by atoms with van der Waals surface area (Å²) < 4.78 is 30.0. The third-order valence-electron chi connectivity index (χ3n) is 6.28. The molecule has 2 N–H and O–H groups in total. The van der Waals surface area contributed by atoms with Crippen LogP contribution in [0.4, 0.5) is 8.78 Å². The van der Waals surface area contributed by atoms with Crippen molar-refractivity contribution in [2.45, 2.75) is 25.7 Å². The number of hydrogen-bond donors (Lipinski definition) is 2. The van der Waals surface area contributed by atoms with E-state index < -0.39 is 17.5 Å². The molecule has 0 atom stereocenters. The number of aryl methyl sites for hydroxylation is 1. The Morgan fingerprint density at radius 2 is 1.91 bits per heavy atom. The third kappa shape index (κ3) is 3.84. The molecule has 0 fully saturated rings. The number of aromatic nitrogens is 3. The molecule has 170 valence electrons. The summed E-state index contributed by atoms with van der Waals surface area (Å²) in [6, 6.07) is 5.91. The number of nitrogens with zero attached hydrogens (tertiary/aromatic N) is 3. The number of carbonyl (C=O) groups excluding carboxylic acids is 1. The van der Waals surface area contributed by atoms with Gasteiger partial charge in [0.2, 0.25) is 0 Å². The average Bonchev–Trinajstić information content (AvgIpc) is 3.26. The van der Waals surface area contributed by atoms with Crippen molar-refractivity contribution in [2.75, 3.05) is 27.2 Å². The number of pyridine rings is 1. The SMILES string of the molecule is CN(C)CCNC(=O)c1ccc(-c2nc3c(F)cc4[nH]ncc4c3c3c2CCCC3)cc1F. The topological polar surface area (TPSA) is 73.9 Å². The van der Waals surface area contributed by atoms with E-state index in [1.807, 2.05) is 19.0 Å². The van der Waals surface area contributed by atoms with Crippen LogP contribution in [0.25, 0.3) is 33.1 Å². The molecule has 1 amide bonds. The van der Waals surface area contributed by atoms with Crippen molar-refractivity contribution in [3.05, 3.63) is 58.8 Å². The quantitative estimate of drug-likeness (QED) is 0.478. The number of hydrogen-bond acceptors (Lipinski definition) is 4. The first-order valence-corrected chi connectivity index (χ1v) is 11.1. The van der Waals surface area contributed by atoms with Crippen LogP contribution in [-0.2, 0) is 12.8 Å². The summed E-state index contributed by atoms with van der Waals surface area (Å²) in [6.07, 6.45) is 5.29. The van der Waals surface area contributed by atoms with E-state index in [9.17, 15) is 9.18 Å². The molecule has 0 spiro atoms. The van der Waals surface area contributed by atoms with Crippen molar-refractivity contribution in [3.63, 3.8) is 0 Å². The van der Waals surface area contributed by atoms with E-state index in [-0.39, 0.29) is 11.1 Å². The summed E-state index contributed by atoms with van der Waals surface area (Å²) >= 11 is 0. The number of aromatic amines is 1. The monoisotopic (exact) mass is 449 g/mol. The Kier molecular flexibility index (Phi) is 5.54. The van der Waals surface area contributed by atoms with Gasteiger partial charge in [0.1, 0.15) is 11.3 Å². The Morgan fingerprint density at radius 1 is 1.12 bits per heavy atom. The van der Waals surface area contributed by atoms with Crippen molar-refractivity contribution >= 4 is 27.7 Å². The second kappa shape index (κ2) is 8.51. The number of amides is 1. The molecule has 1 aliphatic rings. The minimum absolute atomic E-state index is 0.0153. The third-order valence-corrected chi connectivity index (χ3v) is 6.28. The minimum Gasteiger partial charge on any atom is -0.351 e. The van der Waals surface area contributed by atoms with E-state index in [1.165, 1.54) is 18.2 Å². The highest BCUT2D eigenvalue weighted by Gasteiger charge is 2.24. The molecule has 0 unspecified atom stereocenters. The van der Waals surface area contributed by atoms with E-state index in [4.69, 9.17) is 0 Å². The van der Waals surface area contributed by atoms with Gasteiger partial charge in [-0.1, -0.05) is 6.07 Å². The minimum atomic E-state index is -0.618. The van der Waals surface area contributed by atoms with E-state index in [0.717, 1.165) is 47.6 Å². The van der Waals surface area contributed by atoms with E-state index in [2.05, 4.69) is 20.5 Å². The summed E-state index contributed by atoms with van der Waals surface area (Å²) in [7, 11) is 3.80. The summed E-state index contributed by atoms with van der Waals surface area (Å²) in [5, 5.41) is 11.3. The number of halogens is 2. The molecule has 0 radical (unpaired) electrons. The van der Waals surface area contributed by atoms with Gasteiger partial charge in [-0.05, 0) is 63.0 Å². The fourth-order valence-corrected chi connectivity index (χ4v) is 4.66. The van der Waals surface area contributed by atoms with Crippen LogP contribution < -0.4 is 5.32 Å². The zero-order chi connectivity index (χ0) is 23.1. The molecule has 33 heavy (non-hydrogen) atoms. The Labute approximate surface area is 190 Å². The fraction of sp³-hybridized carbons (Fsp3) is 0.320. The smallest absolute Gasteiger partial charge is 0.254 e. The molecular formula is C25H25F2N5O. The Balaban J connectivity index is 1.60. The molecule has 4 aromatic rings. The highest BCUT2D eigenvalue weighted by atomic mass is 19.1. The molecule has 0 saturated carbocycles. The second-order valence-corrected chi connectivity index (χ2v) is 8.79. The molecule has 0 saturated heterocycles. The summed E-state index contributed by atoms with van der Waals surface area (Å²) in [4.78, 5) is 19.0. The van der Waals surface area contributed by atoms with Gasteiger partial charge in [0.05, 0.1) is 23.0 Å². The Bertz CT molecular complexity index is 1380. The lowest BCUT2D eigenvalue weighted by molar-refractivity contribution is 0.0947. The van der Waals surface area contributed by atoms with Crippen molar-refractivity contribution in [1.82, 2.24) is 25.4 Å². The van der Waals surface area contributed by atoms with Crippen molar-refractivity contribution in [1.29, 1.82) is 0 Å². The molecule has 1 aliphatic carbocycles.